The third kappa shape index (κ3) is 5.81. The average molecular weight is 457 g/mol. The molecule has 1 aromatic carbocycles. The molecule has 1 amide bonds. The van der Waals surface area contributed by atoms with Crippen molar-refractivity contribution in [2.24, 2.45) is 4.99 Å². The highest BCUT2D eigenvalue weighted by atomic mass is 16.5. The molecule has 1 N–H and O–H groups in total. The van der Waals surface area contributed by atoms with E-state index in [2.05, 4.69) is 15.2 Å². The fourth-order valence-corrected chi connectivity index (χ4v) is 4.66. The Morgan fingerprint density at radius 3 is 2.45 bits per heavy atom. The molecule has 1 saturated heterocycles. The molecule has 2 aliphatic rings. The standard InChI is InChI=1S/C25H36N4O4/c1-19-22(17-29(18-32-3)20(2)27-19)23(30)26-13-8-14-28-15-11-25(12-16-28,24(31)33-4)21-9-6-5-7-10-21/h5-7,9-10H,8,11-18H2,1-4H3,(H,26,30). The highest BCUT2D eigenvalue weighted by molar-refractivity contribution is 5.97. The van der Waals surface area contributed by atoms with Gasteiger partial charge in [-0.1, -0.05) is 30.3 Å². The normalized spacial score (nSPS) is 18.7. The second kappa shape index (κ2) is 11.4. The number of piperidine rings is 1. The topological polar surface area (TPSA) is 83.5 Å². The number of likely N-dealkylation sites (tertiary alicyclic amines) is 1. The Labute approximate surface area is 196 Å². The van der Waals surface area contributed by atoms with Crippen molar-refractivity contribution in [1.82, 2.24) is 15.1 Å². The summed E-state index contributed by atoms with van der Waals surface area (Å²) in [5.41, 5.74) is 1.90. The molecule has 3 rings (SSSR count). The highest BCUT2D eigenvalue weighted by Gasteiger charge is 2.43. The van der Waals surface area contributed by atoms with Gasteiger partial charge in [0.05, 0.1) is 24.6 Å². The number of nitrogens with zero attached hydrogens (tertiary/aromatic N) is 3. The Kier molecular flexibility index (Phi) is 8.63. The van der Waals surface area contributed by atoms with E-state index in [-0.39, 0.29) is 11.9 Å². The molecule has 33 heavy (non-hydrogen) atoms. The number of hydrogen-bond donors (Lipinski definition) is 1. The monoisotopic (exact) mass is 456 g/mol. The van der Waals surface area contributed by atoms with Crippen LogP contribution in [-0.2, 0) is 24.5 Å². The SMILES string of the molecule is COCN1CC(C(=O)NCCCN2CCC(C(=O)OC)(c3ccccc3)CC2)=C(C)N=C1C. The van der Waals surface area contributed by atoms with Crippen molar-refractivity contribution in [2.45, 2.75) is 38.5 Å². The third-order valence-corrected chi connectivity index (χ3v) is 6.68. The summed E-state index contributed by atoms with van der Waals surface area (Å²) in [5, 5.41) is 3.04. The fraction of sp³-hybridized carbons (Fsp3) is 0.560. The maximum atomic E-state index is 12.7. The van der Waals surface area contributed by atoms with E-state index < -0.39 is 5.41 Å². The Morgan fingerprint density at radius 2 is 1.82 bits per heavy atom. The summed E-state index contributed by atoms with van der Waals surface area (Å²) in [6, 6.07) is 9.94. The van der Waals surface area contributed by atoms with Gasteiger partial charge in [0.1, 0.15) is 12.6 Å². The number of aliphatic imine (C=N–C) groups is 1. The molecular weight excluding hydrogens is 420 g/mol. The van der Waals surface area contributed by atoms with Crippen LogP contribution in [0.2, 0.25) is 0 Å². The van der Waals surface area contributed by atoms with Crippen molar-refractivity contribution >= 4 is 17.7 Å². The Morgan fingerprint density at radius 1 is 1.12 bits per heavy atom. The lowest BCUT2D eigenvalue weighted by Gasteiger charge is -2.40. The van der Waals surface area contributed by atoms with Gasteiger partial charge in [-0.05, 0) is 58.3 Å². The van der Waals surface area contributed by atoms with E-state index in [0.717, 1.165) is 56.0 Å². The summed E-state index contributed by atoms with van der Waals surface area (Å²) >= 11 is 0. The zero-order valence-electron chi connectivity index (χ0n) is 20.2. The minimum atomic E-state index is -0.571. The lowest BCUT2D eigenvalue weighted by atomic mass is 9.72. The number of ether oxygens (including phenoxy) is 2. The van der Waals surface area contributed by atoms with Crippen molar-refractivity contribution in [1.29, 1.82) is 0 Å². The minimum Gasteiger partial charge on any atom is -0.468 e. The van der Waals surface area contributed by atoms with E-state index in [4.69, 9.17) is 9.47 Å². The Bertz CT molecular complexity index is 889. The first-order valence-electron chi connectivity index (χ1n) is 11.5. The third-order valence-electron chi connectivity index (χ3n) is 6.68. The molecule has 0 bridgehead atoms. The number of amides is 1. The number of rotatable bonds is 9. The largest absolute Gasteiger partial charge is 0.468 e. The maximum absolute atomic E-state index is 12.7. The number of nitrogens with one attached hydrogen (secondary N) is 1. The van der Waals surface area contributed by atoms with Crippen LogP contribution in [0.1, 0.15) is 38.7 Å². The summed E-state index contributed by atoms with van der Waals surface area (Å²) in [5.74, 6) is 0.629. The second-order valence-corrected chi connectivity index (χ2v) is 8.73. The van der Waals surface area contributed by atoms with Gasteiger partial charge >= 0.3 is 5.97 Å². The van der Waals surface area contributed by atoms with Crippen molar-refractivity contribution in [2.75, 3.05) is 53.7 Å². The quantitative estimate of drug-likeness (QED) is 0.454. The molecule has 8 heteroatoms. The molecule has 0 radical (unpaired) electrons. The van der Waals surface area contributed by atoms with Crippen LogP contribution in [0.3, 0.4) is 0 Å². The van der Waals surface area contributed by atoms with Crippen LogP contribution >= 0.6 is 0 Å². The first kappa shape index (κ1) is 24.9. The Balaban J connectivity index is 1.47. The molecule has 0 unspecified atom stereocenters. The first-order chi connectivity index (χ1) is 15.9. The number of allylic oxidation sites excluding steroid dienone is 1. The number of carbonyl (C=O) groups excluding carboxylic acids is 2. The van der Waals surface area contributed by atoms with Crippen LogP contribution in [0.5, 0.6) is 0 Å². The second-order valence-electron chi connectivity index (χ2n) is 8.73. The number of hydrogen-bond acceptors (Lipinski definition) is 7. The molecule has 1 fully saturated rings. The number of esters is 1. The molecule has 2 heterocycles. The smallest absolute Gasteiger partial charge is 0.316 e. The minimum absolute atomic E-state index is 0.0720. The van der Waals surface area contributed by atoms with Gasteiger partial charge in [0.25, 0.3) is 5.91 Å². The van der Waals surface area contributed by atoms with Gasteiger partial charge in [0, 0.05) is 19.4 Å². The van der Waals surface area contributed by atoms with Gasteiger partial charge in [-0.25, -0.2) is 4.99 Å². The average Bonchev–Trinajstić information content (AvgIpc) is 2.84. The van der Waals surface area contributed by atoms with Crippen LogP contribution in [0, 0.1) is 0 Å². The summed E-state index contributed by atoms with van der Waals surface area (Å²) in [7, 11) is 3.10. The molecule has 0 aromatic heterocycles. The van der Waals surface area contributed by atoms with Gasteiger partial charge < -0.3 is 24.6 Å². The molecule has 0 saturated carbocycles. The van der Waals surface area contributed by atoms with E-state index in [1.54, 1.807) is 7.11 Å². The summed E-state index contributed by atoms with van der Waals surface area (Å²) < 4.78 is 10.4. The van der Waals surface area contributed by atoms with Gasteiger partial charge in [-0.2, -0.15) is 0 Å². The summed E-state index contributed by atoms with van der Waals surface area (Å²) in [6.07, 6.45) is 2.31. The van der Waals surface area contributed by atoms with Crippen molar-refractivity contribution < 1.29 is 19.1 Å². The van der Waals surface area contributed by atoms with Crippen molar-refractivity contribution in [3.63, 3.8) is 0 Å². The van der Waals surface area contributed by atoms with Crippen LogP contribution in [-0.4, -0.2) is 81.2 Å². The molecule has 0 atom stereocenters. The zero-order valence-corrected chi connectivity index (χ0v) is 20.2. The maximum Gasteiger partial charge on any atom is 0.316 e. The number of carbonyl (C=O) groups is 2. The van der Waals surface area contributed by atoms with E-state index in [1.807, 2.05) is 49.1 Å². The molecule has 0 aliphatic carbocycles. The lowest BCUT2D eigenvalue weighted by Crippen LogP contribution is -2.48. The zero-order chi connectivity index (χ0) is 23.8. The molecule has 2 aliphatic heterocycles. The predicted octanol–water partition coefficient (Wildman–Crippen LogP) is 2.31. The predicted molar refractivity (Wildman–Crippen MR) is 128 cm³/mol. The summed E-state index contributed by atoms with van der Waals surface area (Å²) in [4.78, 5) is 34.2. The van der Waals surface area contributed by atoms with Crippen LogP contribution in [0.25, 0.3) is 0 Å². The first-order valence-corrected chi connectivity index (χ1v) is 11.5. The fourth-order valence-electron chi connectivity index (χ4n) is 4.66. The van der Waals surface area contributed by atoms with Crippen LogP contribution in [0.15, 0.2) is 46.6 Å². The van der Waals surface area contributed by atoms with Gasteiger partial charge in [0.15, 0.2) is 0 Å². The lowest BCUT2D eigenvalue weighted by molar-refractivity contribution is -0.149. The molecular formula is C25H36N4O4. The van der Waals surface area contributed by atoms with Crippen LogP contribution < -0.4 is 5.32 Å². The molecule has 1 aromatic rings. The Hall–Kier alpha value is -2.71. The van der Waals surface area contributed by atoms with Crippen molar-refractivity contribution in [3.8, 4) is 0 Å². The molecule has 0 spiro atoms. The van der Waals surface area contributed by atoms with E-state index in [1.165, 1.54) is 7.11 Å². The van der Waals surface area contributed by atoms with E-state index in [9.17, 15) is 9.59 Å². The van der Waals surface area contributed by atoms with Crippen molar-refractivity contribution in [3.05, 3.63) is 47.2 Å². The number of amidine groups is 1. The molecule has 180 valence electrons. The summed E-state index contributed by atoms with van der Waals surface area (Å²) in [6.45, 7) is 7.81. The van der Waals surface area contributed by atoms with Gasteiger partial charge in [0.2, 0.25) is 0 Å². The number of methoxy groups -OCH3 is 2. The van der Waals surface area contributed by atoms with Crippen LogP contribution in [0.4, 0.5) is 0 Å². The van der Waals surface area contributed by atoms with E-state index in [0.29, 0.717) is 25.4 Å². The van der Waals surface area contributed by atoms with E-state index >= 15 is 0 Å². The van der Waals surface area contributed by atoms with Gasteiger partial charge in [-0.3, -0.25) is 9.59 Å². The highest BCUT2D eigenvalue weighted by Crippen LogP contribution is 2.36. The molecule has 8 nitrogen and oxygen atoms in total. The number of benzene rings is 1. The van der Waals surface area contributed by atoms with Gasteiger partial charge in [-0.15, -0.1) is 0 Å².